The van der Waals surface area contributed by atoms with Crippen LogP contribution in [0.15, 0.2) is 32.4 Å². The molecule has 36 heavy (non-hydrogen) atoms. The van der Waals surface area contributed by atoms with Gasteiger partial charge >= 0.3 is 11.7 Å². The summed E-state index contributed by atoms with van der Waals surface area (Å²) in [7, 11) is 1.26. The SMILES string of the molecule is COC(=O)N=CCCCCc1cc(O)c(C(=O)C(C)C(C)(C)Cc2ccc(CCC(C)C)s2)c(=O)o1. The third-order valence-corrected chi connectivity index (χ3v) is 7.63. The minimum absolute atomic E-state index is 0.284. The number of unbranched alkanes of at least 4 members (excludes halogenated alkanes) is 2. The molecule has 0 fully saturated rings. The Morgan fingerprint density at radius 1 is 1.17 bits per heavy atom. The largest absolute Gasteiger partial charge is 0.507 e. The lowest BCUT2D eigenvalue weighted by atomic mass is 9.73. The summed E-state index contributed by atoms with van der Waals surface area (Å²) >= 11 is 1.78. The van der Waals surface area contributed by atoms with Crippen LogP contribution >= 0.6 is 11.3 Å². The number of ether oxygens (including phenoxy) is 1. The third-order valence-electron chi connectivity index (χ3n) is 6.49. The summed E-state index contributed by atoms with van der Waals surface area (Å²) in [5.41, 5.74) is -1.51. The van der Waals surface area contributed by atoms with Gasteiger partial charge in [0.25, 0.3) is 0 Å². The summed E-state index contributed by atoms with van der Waals surface area (Å²) in [4.78, 5) is 43.0. The van der Waals surface area contributed by atoms with E-state index in [0.29, 0.717) is 43.8 Å². The fraction of sp³-hybridized carbons (Fsp3) is 0.571. The molecule has 1 N–H and O–H groups in total. The molecule has 198 valence electrons. The second-order valence-electron chi connectivity index (χ2n) is 10.3. The molecule has 0 saturated carbocycles. The van der Waals surface area contributed by atoms with Gasteiger partial charge in [-0.05, 0) is 62.0 Å². The lowest BCUT2D eigenvalue weighted by Gasteiger charge is -2.30. The standard InChI is InChI=1S/C28H39NO6S/c1-18(2)11-12-21-13-14-22(36-21)17-28(4,5)19(3)25(31)24-23(30)16-20(35-26(24)32)10-8-7-9-15-29-27(33)34-6/h13-16,18-19,30H,7-12,17H2,1-6H3. The van der Waals surface area contributed by atoms with Gasteiger partial charge in [-0.2, -0.15) is 4.99 Å². The quantitative estimate of drug-likeness (QED) is 0.181. The Balaban J connectivity index is 2.01. The van der Waals surface area contributed by atoms with Crippen LogP contribution in [0.1, 0.15) is 86.2 Å². The van der Waals surface area contributed by atoms with E-state index in [1.807, 2.05) is 13.8 Å². The molecular weight excluding hydrogens is 478 g/mol. The van der Waals surface area contributed by atoms with Gasteiger partial charge in [-0.15, -0.1) is 11.3 Å². The van der Waals surface area contributed by atoms with Gasteiger partial charge in [-0.1, -0.05) is 34.6 Å². The van der Waals surface area contributed by atoms with E-state index in [9.17, 15) is 19.5 Å². The maximum Gasteiger partial charge on any atom is 0.432 e. The summed E-state index contributed by atoms with van der Waals surface area (Å²) in [5.74, 6) is -0.268. The Hall–Kier alpha value is -2.74. The van der Waals surface area contributed by atoms with E-state index < -0.39 is 28.8 Å². The van der Waals surface area contributed by atoms with Crippen molar-refractivity contribution in [2.45, 2.75) is 79.6 Å². The second kappa shape index (κ2) is 13.5. The Labute approximate surface area is 217 Å². The number of amides is 1. The first-order valence-corrected chi connectivity index (χ1v) is 13.3. The number of thiophene rings is 1. The molecule has 8 heteroatoms. The zero-order valence-corrected chi connectivity index (χ0v) is 23.1. The van der Waals surface area contributed by atoms with Gasteiger partial charge in [0.15, 0.2) is 5.78 Å². The molecule has 7 nitrogen and oxygen atoms in total. The number of methoxy groups -OCH3 is 1. The number of ketones is 1. The molecule has 0 aliphatic heterocycles. The van der Waals surface area contributed by atoms with Crippen molar-refractivity contribution in [2.75, 3.05) is 7.11 Å². The van der Waals surface area contributed by atoms with E-state index in [0.717, 1.165) is 12.8 Å². The van der Waals surface area contributed by atoms with Gasteiger partial charge in [-0.25, -0.2) is 9.59 Å². The number of aromatic hydroxyl groups is 1. The van der Waals surface area contributed by atoms with Gasteiger partial charge in [0.05, 0.1) is 7.11 Å². The molecule has 1 atom stereocenters. The van der Waals surface area contributed by atoms with Gasteiger partial charge < -0.3 is 14.3 Å². The number of Topliss-reactive ketones (excluding diaryl/α,β-unsaturated/α-hetero) is 1. The molecule has 0 aliphatic rings. The summed E-state index contributed by atoms with van der Waals surface area (Å²) < 4.78 is 9.79. The average molecular weight is 518 g/mol. The molecule has 2 aromatic heterocycles. The smallest absolute Gasteiger partial charge is 0.432 e. The molecule has 0 aliphatic carbocycles. The Kier molecular flexibility index (Phi) is 11.1. The highest BCUT2D eigenvalue weighted by Gasteiger charge is 2.35. The molecule has 0 bridgehead atoms. The lowest BCUT2D eigenvalue weighted by molar-refractivity contribution is 0.0812. The number of aliphatic imine (C=N–C) groups is 1. The third kappa shape index (κ3) is 8.73. The number of hydrogen-bond donors (Lipinski definition) is 1. The zero-order chi connectivity index (χ0) is 26.9. The molecule has 2 rings (SSSR count). The van der Waals surface area contributed by atoms with Crippen molar-refractivity contribution in [3.63, 3.8) is 0 Å². The van der Waals surface area contributed by atoms with Crippen LogP contribution in [-0.4, -0.2) is 30.3 Å². The molecule has 0 spiro atoms. The Morgan fingerprint density at radius 2 is 1.86 bits per heavy atom. The number of rotatable bonds is 13. The number of nitrogens with zero attached hydrogens (tertiary/aromatic N) is 1. The van der Waals surface area contributed by atoms with E-state index in [1.54, 1.807) is 18.3 Å². The maximum atomic E-state index is 13.3. The van der Waals surface area contributed by atoms with Crippen LogP contribution in [0.4, 0.5) is 4.79 Å². The first-order chi connectivity index (χ1) is 16.9. The van der Waals surface area contributed by atoms with Crippen molar-refractivity contribution in [1.82, 2.24) is 0 Å². The number of carbonyl (C=O) groups excluding carboxylic acids is 2. The molecule has 2 aromatic rings. The van der Waals surface area contributed by atoms with E-state index >= 15 is 0 Å². The first kappa shape index (κ1) is 29.5. The number of hydrogen-bond acceptors (Lipinski definition) is 7. The van der Waals surface area contributed by atoms with Gasteiger partial charge in [0.1, 0.15) is 17.1 Å². The van der Waals surface area contributed by atoms with Crippen LogP contribution in [0.25, 0.3) is 0 Å². The van der Waals surface area contributed by atoms with Crippen LogP contribution in [0, 0.1) is 17.3 Å². The molecule has 0 radical (unpaired) electrons. The van der Waals surface area contributed by atoms with E-state index in [1.165, 1.54) is 29.1 Å². The zero-order valence-electron chi connectivity index (χ0n) is 22.3. The highest BCUT2D eigenvalue weighted by atomic mass is 32.1. The minimum atomic E-state index is -0.808. The minimum Gasteiger partial charge on any atom is -0.507 e. The van der Waals surface area contributed by atoms with Crippen molar-refractivity contribution in [1.29, 1.82) is 0 Å². The van der Waals surface area contributed by atoms with Crippen molar-refractivity contribution in [3.05, 3.63) is 49.7 Å². The predicted octanol–water partition coefficient (Wildman–Crippen LogP) is 6.63. The van der Waals surface area contributed by atoms with E-state index in [4.69, 9.17) is 4.42 Å². The molecule has 1 amide bonds. The van der Waals surface area contributed by atoms with Gasteiger partial charge in [0, 0.05) is 34.4 Å². The van der Waals surface area contributed by atoms with Crippen molar-refractivity contribution >= 4 is 29.4 Å². The topological polar surface area (TPSA) is 106 Å². The Bertz CT molecular complexity index is 1110. The van der Waals surface area contributed by atoms with Gasteiger partial charge in [0.2, 0.25) is 0 Å². The molecule has 0 saturated heterocycles. The number of aryl methyl sites for hydroxylation is 2. The normalized spacial score (nSPS) is 12.9. The van der Waals surface area contributed by atoms with Crippen LogP contribution in [0.3, 0.4) is 0 Å². The maximum absolute atomic E-state index is 13.3. The fourth-order valence-electron chi connectivity index (χ4n) is 3.86. The van der Waals surface area contributed by atoms with E-state index in [-0.39, 0.29) is 11.3 Å². The van der Waals surface area contributed by atoms with Crippen molar-refractivity contribution in [3.8, 4) is 5.75 Å². The molecule has 2 heterocycles. The predicted molar refractivity (Wildman–Crippen MR) is 144 cm³/mol. The van der Waals surface area contributed by atoms with Crippen molar-refractivity contribution in [2.24, 2.45) is 22.2 Å². The summed E-state index contributed by atoms with van der Waals surface area (Å²) in [5, 5.41) is 10.5. The van der Waals surface area contributed by atoms with Crippen LogP contribution in [-0.2, 0) is 24.0 Å². The monoisotopic (exact) mass is 517 g/mol. The molecule has 0 aromatic carbocycles. The second-order valence-corrected chi connectivity index (χ2v) is 11.6. The van der Waals surface area contributed by atoms with Crippen molar-refractivity contribution < 1.29 is 23.8 Å². The summed E-state index contributed by atoms with van der Waals surface area (Å²) in [6, 6.07) is 5.65. The van der Waals surface area contributed by atoms with Crippen LogP contribution in [0.5, 0.6) is 5.75 Å². The first-order valence-electron chi connectivity index (χ1n) is 12.5. The molecular formula is C28H39NO6S. The van der Waals surface area contributed by atoms with Crippen LogP contribution < -0.4 is 5.63 Å². The number of carbonyl (C=O) groups is 2. The summed E-state index contributed by atoms with van der Waals surface area (Å²) in [6.07, 6.45) is 6.09. The fourth-order valence-corrected chi connectivity index (χ4v) is 5.13. The average Bonchev–Trinajstić information content (AvgIpc) is 3.25. The molecule has 1 unspecified atom stereocenters. The highest BCUT2D eigenvalue weighted by molar-refractivity contribution is 7.12. The van der Waals surface area contributed by atoms with E-state index in [2.05, 4.69) is 35.7 Å². The summed E-state index contributed by atoms with van der Waals surface area (Å²) in [6.45, 7) is 10.3. The van der Waals surface area contributed by atoms with Gasteiger partial charge in [-0.3, -0.25) is 4.79 Å². The Morgan fingerprint density at radius 3 is 2.50 bits per heavy atom. The van der Waals surface area contributed by atoms with Crippen LogP contribution in [0.2, 0.25) is 0 Å². The highest BCUT2D eigenvalue weighted by Crippen LogP contribution is 2.36. The lowest BCUT2D eigenvalue weighted by Crippen LogP contribution is -2.33.